The Balaban J connectivity index is 1.77. The Kier molecular flexibility index (Phi) is 5.25. The molecule has 0 N–H and O–H groups in total. The summed E-state index contributed by atoms with van der Waals surface area (Å²) in [5.41, 5.74) is 2.45. The molecule has 0 radical (unpaired) electrons. The average Bonchev–Trinajstić information content (AvgIpc) is 3.09. The Morgan fingerprint density at radius 2 is 1.85 bits per heavy atom. The smallest absolute Gasteiger partial charge is 0.260 e. The van der Waals surface area contributed by atoms with E-state index in [0.29, 0.717) is 22.3 Å². The number of halogens is 2. The molecule has 3 aromatic carbocycles. The molecule has 1 amide bonds. The molecule has 27 heavy (non-hydrogen) atoms. The molecule has 0 aliphatic carbocycles. The standard InChI is InChI=1S/C21H14BrClN2OS/c22-16-9-10-18-19(12-16)27-21(24-18)25(13-14-5-2-1-3-6-14)20(26)15-7-4-8-17(23)11-15/h1-12H,13H2. The van der Waals surface area contributed by atoms with Crippen molar-refractivity contribution in [1.29, 1.82) is 0 Å². The van der Waals surface area contributed by atoms with Crippen molar-refractivity contribution in [3.05, 3.63) is 93.4 Å². The van der Waals surface area contributed by atoms with Gasteiger partial charge in [-0.15, -0.1) is 0 Å². The summed E-state index contributed by atoms with van der Waals surface area (Å²) in [6.45, 7) is 0.438. The van der Waals surface area contributed by atoms with Gasteiger partial charge in [0.1, 0.15) is 0 Å². The molecular weight excluding hydrogens is 444 g/mol. The summed E-state index contributed by atoms with van der Waals surface area (Å²) in [5, 5.41) is 1.20. The number of carbonyl (C=O) groups is 1. The highest BCUT2D eigenvalue weighted by Gasteiger charge is 2.22. The largest absolute Gasteiger partial charge is 0.279 e. The van der Waals surface area contributed by atoms with Crippen molar-refractivity contribution in [2.24, 2.45) is 0 Å². The van der Waals surface area contributed by atoms with Crippen molar-refractivity contribution in [3.8, 4) is 0 Å². The molecule has 3 nitrogen and oxygen atoms in total. The van der Waals surface area contributed by atoms with E-state index in [9.17, 15) is 4.79 Å². The van der Waals surface area contributed by atoms with E-state index >= 15 is 0 Å². The van der Waals surface area contributed by atoms with Crippen LogP contribution < -0.4 is 4.90 Å². The first-order chi connectivity index (χ1) is 13.1. The van der Waals surface area contributed by atoms with E-state index < -0.39 is 0 Å². The van der Waals surface area contributed by atoms with Crippen molar-refractivity contribution in [1.82, 2.24) is 4.98 Å². The molecule has 4 aromatic rings. The molecule has 6 heteroatoms. The van der Waals surface area contributed by atoms with Gasteiger partial charge in [-0.2, -0.15) is 0 Å². The van der Waals surface area contributed by atoms with Crippen LogP contribution in [0.2, 0.25) is 5.02 Å². The Hall–Kier alpha value is -2.21. The second-order valence-electron chi connectivity index (χ2n) is 6.00. The first-order valence-electron chi connectivity index (χ1n) is 8.27. The molecule has 1 heterocycles. The predicted molar refractivity (Wildman–Crippen MR) is 116 cm³/mol. The molecule has 134 valence electrons. The van der Waals surface area contributed by atoms with Gasteiger partial charge >= 0.3 is 0 Å². The first kappa shape index (κ1) is 18.2. The van der Waals surface area contributed by atoms with Crippen molar-refractivity contribution in [2.75, 3.05) is 4.90 Å². The Labute approximate surface area is 174 Å². The monoisotopic (exact) mass is 456 g/mol. The highest BCUT2D eigenvalue weighted by molar-refractivity contribution is 9.10. The number of aromatic nitrogens is 1. The number of rotatable bonds is 4. The number of benzene rings is 3. The molecule has 4 rings (SSSR count). The summed E-state index contributed by atoms with van der Waals surface area (Å²) >= 11 is 11.1. The highest BCUT2D eigenvalue weighted by atomic mass is 79.9. The van der Waals surface area contributed by atoms with Crippen molar-refractivity contribution in [2.45, 2.75) is 6.54 Å². The number of carbonyl (C=O) groups excluding carboxylic acids is 1. The summed E-state index contributed by atoms with van der Waals surface area (Å²) in [6, 6.07) is 22.8. The number of fused-ring (bicyclic) bond motifs is 1. The third-order valence-corrected chi connectivity index (χ3v) is 5.84. The number of anilines is 1. The van der Waals surface area contributed by atoms with Crippen LogP contribution in [0.3, 0.4) is 0 Å². The molecule has 0 aliphatic rings. The summed E-state index contributed by atoms with van der Waals surface area (Å²) in [5.74, 6) is -0.125. The topological polar surface area (TPSA) is 33.2 Å². The SMILES string of the molecule is O=C(c1cccc(Cl)c1)N(Cc1ccccc1)c1nc2ccc(Br)cc2s1. The lowest BCUT2D eigenvalue weighted by atomic mass is 10.1. The number of hydrogen-bond acceptors (Lipinski definition) is 3. The minimum atomic E-state index is -0.125. The van der Waals surface area contributed by atoms with Gasteiger partial charge in [0.2, 0.25) is 0 Å². The lowest BCUT2D eigenvalue weighted by molar-refractivity contribution is 0.0985. The predicted octanol–water partition coefficient (Wildman–Crippen LogP) is 6.56. The van der Waals surface area contributed by atoms with Crippen LogP contribution in [0.5, 0.6) is 0 Å². The minimum absolute atomic E-state index is 0.125. The van der Waals surface area contributed by atoms with E-state index in [0.717, 1.165) is 20.3 Å². The van der Waals surface area contributed by atoms with E-state index in [1.807, 2.05) is 48.5 Å². The molecule has 0 unspecified atom stereocenters. The Morgan fingerprint density at radius 1 is 1.04 bits per heavy atom. The second kappa shape index (κ2) is 7.80. The van der Waals surface area contributed by atoms with Crippen LogP contribution in [0, 0.1) is 0 Å². The van der Waals surface area contributed by atoms with E-state index in [4.69, 9.17) is 11.6 Å². The lowest BCUT2D eigenvalue weighted by Crippen LogP contribution is -2.30. The fraction of sp³-hybridized carbons (Fsp3) is 0.0476. The number of hydrogen-bond donors (Lipinski definition) is 0. The van der Waals surface area contributed by atoms with Crippen molar-refractivity contribution >= 4 is 60.1 Å². The van der Waals surface area contributed by atoms with Crippen LogP contribution >= 0.6 is 38.9 Å². The summed E-state index contributed by atoms with van der Waals surface area (Å²) in [7, 11) is 0. The van der Waals surface area contributed by atoms with Gasteiger partial charge in [-0.05, 0) is 42.0 Å². The molecule has 0 bridgehead atoms. The molecule has 0 aliphatic heterocycles. The van der Waals surface area contributed by atoms with Crippen LogP contribution in [-0.2, 0) is 6.54 Å². The number of thiazole rings is 1. The normalized spacial score (nSPS) is 10.9. The minimum Gasteiger partial charge on any atom is -0.279 e. The van der Waals surface area contributed by atoms with Gasteiger partial charge in [-0.25, -0.2) is 4.98 Å². The van der Waals surface area contributed by atoms with Crippen LogP contribution in [0.15, 0.2) is 77.3 Å². The van der Waals surface area contributed by atoms with Crippen LogP contribution in [-0.4, -0.2) is 10.9 Å². The highest BCUT2D eigenvalue weighted by Crippen LogP contribution is 2.32. The molecule has 0 atom stereocenters. The van der Waals surface area contributed by atoms with Crippen LogP contribution in [0.4, 0.5) is 5.13 Å². The molecule has 0 fully saturated rings. The fourth-order valence-electron chi connectivity index (χ4n) is 2.77. The average molecular weight is 458 g/mol. The van der Waals surface area contributed by atoms with Gasteiger partial charge in [0.05, 0.1) is 16.8 Å². The Bertz CT molecular complexity index is 1110. The van der Waals surface area contributed by atoms with Crippen LogP contribution in [0.1, 0.15) is 15.9 Å². The van der Waals surface area contributed by atoms with E-state index in [-0.39, 0.29) is 5.91 Å². The molecule has 0 saturated carbocycles. The van der Waals surface area contributed by atoms with Gasteiger partial charge in [0.15, 0.2) is 5.13 Å². The number of nitrogens with zero attached hydrogens (tertiary/aromatic N) is 2. The molecule has 1 aromatic heterocycles. The zero-order valence-electron chi connectivity index (χ0n) is 14.1. The third kappa shape index (κ3) is 4.05. The maximum atomic E-state index is 13.3. The van der Waals surface area contributed by atoms with Gasteiger partial charge in [-0.3, -0.25) is 9.69 Å². The van der Waals surface area contributed by atoms with E-state index in [2.05, 4.69) is 20.9 Å². The second-order valence-corrected chi connectivity index (χ2v) is 8.36. The van der Waals surface area contributed by atoms with E-state index in [1.54, 1.807) is 29.2 Å². The summed E-state index contributed by atoms with van der Waals surface area (Å²) in [6.07, 6.45) is 0. The fourth-order valence-corrected chi connectivity index (χ4v) is 4.48. The van der Waals surface area contributed by atoms with Gasteiger partial charge < -0.3 is 0 Å². The lowest BCUT2D eigenvalue weighted by Gasteiger charge is -2.20. The molecule has 0 saturated heterocycles. The summed E-state index contributed by atoms with van der Waals surface area (Å²) in [4.78, 5) is 19.7. The Morgan fingerprint density at radius 3 is 2.63 bits per heavy atom. The maximum absolute atomic E-state index is 13.3. The molecule has 0 spiro atoms. The first-order valence-corrected chi connectivity index (χ1v) is 10.3. The van der Waals surface area contributed by atoms with E-state index in [1.165, 1.54) is 11.3 Å². The summed E-state index contributed by atoms with van der Waals surface area (Å²) < 4.78 is 2.01. The zero-order valence-corrected chi connectivity index (χ0v) is 17.3. The van der Waals surface area contributed by atoms with Gasteiger partial charge in [0.25, 0.3) is 5.91 Å². The number of amides is 1. The van der Waals surface area contributed by atoms with Gasteiger partial charge in [0, 0.05) is 15.1 Å². The molecular formula is C21H14BrClN2OS. The van der Waals surface area contributed by atoms with Gasteiger partial charge in [-0.1, -0.05) is 75.3 Å². The maximum Gasteiger partial charge on any atom is 0.260 e. The van der Waals surface area contributed by atoms with Crippen molar-refractivity contribution < 1.29 is 4.79 Å². The quantitative estimate of drug-likeness (QED) is 0.348. The van der Waals surface area contributed by atoms with Crippen LogP contribution in [0.25, 0.3) is 10.2 Å². The third-order valence-electron chi connectivity index (χ3n) is 4.07. The zero-order chi connectivity index (χ0) is 18.8. The van der Waals surface area contributed by atoms with Crippen molar-refractivity contribution in [3.63, 3.8) is 0 Å².